The lowest BCUT2D eigenvalue weighted by molar-refractivity contribution is 0.673. The van der Waals surface area contributed by atoms with E-state index in [9.17, 15) is 0 Å². The van der Waals surface area contributed by atoms with Gasteiger partial charge in [-0.05, 0) is 104 Å². The van der Waals surface area contributed by atoms with Gasteiger partial charge in [-0.15, -0.1) is 0 Å². The molecule has 0 atom stereocenters. The van der Waals surface area contributed by atoms with Gasteiger partial charge < -0.3 is 9.32 Å². The summed E-state index contributed by atoms with van der Waals surface area (Å²) in [4.78, 5) is 2.34. The quantitative estimate of drug-likeness (QED) is 0.166. The van der Waals surface area contributed by atoms with Gasteiger partial charge in [-0.1, -0.05) is 158 Å². The van der Waals surface area contributed by atoms with Crippen molar-refractivity contribution in [2.45, 2.75) is 0 Å². The fourth-order valence-corrected chi connectivity index (χ4v) is 7.75. The van der Waals surface area contributed by atoms with Crippen LogP contribution in [0.2, 0.25) is 0 Å². The van der Waals surface area contributed by atoms with Gasteiger partial charge in [0.25, 0.3) is 0 Å². The number of fused-ring (bicyclic) bond motifs is 5. The molecule has 254 valence electrons. The number of furan rings is 1. The van der Waals surface area contributed by atoms with Crippen LogP contribution in [0.1, 0.15) is 0 Å². The molecule has 0 spiro atoms. The van der Waals surface area contributed by atoms with E-state index in [0.29, 0.717) is 0 Å². The lowest BCUT2D eigenvalue weighted by Crippen LogP contribution is -2.09. The van der Waals surface area contributed by atoms with Crippen LogP contribution >= 0.6 is 0 Å². The molecule has 9 aromatic carbocycles. The van der Waals surface area contributed by atoms with E-state index >= 15 is 0 Å². The Balaban J connectivity index is 1.06. The average molecular weight is 690 g/mol. The normalized spacial score (nSPS) is 11.3. The number of nitrogens with zero attached hydrogens (tertiary/aromatic N) is 1. The largest absolute Gasteiger partial charge is 0.455 e. The summed E-state index contributed by atoms with van der Waals surface area (Å²) < 4.78 is 6.63. The van der Waals surface area contributed by atoms with E-state index in [0.717, 1.165) is 55.5 Å². The Morgan fingerprint density at radius 1 is 0.278 bits per heavy atom. The molecule has 0 aliphatic rings. The second-order valence-corrected chi connectivity index (χ2v) is 13.7. The molecule has 0 saturated carbocycles. The molecule has 1 heterocycles. The second-order valence-electron chi connectivity index (χ2n) is 13.7. The lowest BCUT2D eigenvalue weighted by Gasteiger charge is -2.26. The molecule has 0 fully saturated rings. The Morgan fingerprint density at radius 2 is 0.685 bits per heavy atom. The van der Waals surface area contributed by atoms with Crippen molar-refractivity contribution in [3.63, 3.8) is 0 Å². The van der Waals surface area contributed by atoms with Crippen molar-refractivity contribution >= 4 is 49.8 Å². The molecule has 10 aromatic rings. The number of hydrogen-bond acceptors (Lipinski definition) is 2. The zero-order chi connectivity index (χ0) is 35.8. The predicted octanol–water partition coefficient (Wildman–Crippen LogP) is 14.9. The van der Waals surface area contributed by atoms with Crippen LogP contribution in [0.25, 0.3) is 77.2 Å². The molecule has 0 aliphatic heterocycles. The number of hydrogen-bond donors (Lipinski definition) is 0. The molecule has 1 aromatic heterocycles. The van der Waals surface area contributed by atoms with E-state index in [1.807, 2.05) is 6.07 Å². The minimum absolute atomic E-state index is 0.899. The van der Waals surface area contributed by atoms with Crippen LogP contribution in [0.4, 0.5) is 17.1 Å². The molecule has 0 unspecified atom stereocenters. The highest BCUT2D eigenvalue weighted by molar-refractivity contribution is 6.19. The number of anilines is 3. The summed E-state index contributed by atoms with van der Waals surface area (Å²) in [6, 6.07) is 75.7. The van der Waals surface area contributed by atoms with E-state index in [1.54, 1.807) is 0 Å². The summed E-state index contributed by atoms with van der Waals surface area (Å²) in [5.74, 6) is 0. The maximum atomic E-state index is 6.63. The Labute approximate surface area is 314 Å². The second kappa shape index (κ2) is 13.4. The molecule has 0 N–H and O–H groups in total. The summed E-state index contributed by atoms with van der Waals surface area (Å²) in [5.41, 5.74) is 14.6. The zero-order valence-electron chi connectivity index (χ0n) is 29.6. The average Bonchev–Trinajstić information content (AvgIpc) is 3.63. The summed E-state index contributed by atoms with van der Waals surface area (Å²) in [6.45, 7) is 0. The first-order chi connectivity index (χ1) is 26.8. The fraction of sp³-hybridized carbons (Fsp3) is 0. The van der Waals surface area contributed by atoms with Gasteiger partial charge in [-0.25, -0.2) is 0 Å². The molecule has 54 heavy (non-hydrogen) atoms. The number of rotatable bonds is 7. The Hall–Kier alpha value is -7.16. The van der Waals surface area contributed by atoms with Gasteiger partial charge in [0.1, 0.15) is 11.2 Å². The molecule has 10 rings (SSSR count). The SMILES string of the molecule is c1ccc(-c2ccc(N(c3ccc(-c4ccccc4)cc3)c3ccc(-c4cc5c6ccc(-c7ccccc7)cc6oc5c5ccccc45)cc3)cc2)cc1. The van der Waals surface area contributed by atoms with Gasteiger partial charge in [0.15, 0.2) is 0 Å². The van der Waals surface area contributed by atoms with Crippen LogP contribution in [0.3, 0.4) is 0 Å². The Kier molecular flexibility index (Phi) is 7.85. The van der Waals surface area contributed by atoms with Gasteiger partial charge in [0, 0.05) is 33.2 Å². The molecular formula is C52H35NO. The van der Waals surface area contributed by atoms with Crippen LogP contribution in [0.5, 0.6) is 0 Å². The van der Waals surface area contributed by atoms with Crippen LogP contribution in [-0.4, -0.2) is 0 Å². The van der Waals surface area contributed by atoms with Crippen molar-refractivity contribution in [3.8, 4) is 44.5 Å². The summed E-state index contributed by atoms with van der Waals surface area (Å²) in [7, 11) is 0. The molecule has 0 aliphatic carbocycles. The first kappa shape index (κ1) is 31.6. The molecule has 2 nitrogen and oxygen atoms in total. The van der Waals surface area contributed by atoms with Gasteiger partial charge in [-0.3, -0.25) is 0 Å². The van der Waals surface area contributed by atoms with Gasteiger partial charge in [-0.2, -0.15) is 0 Å². The molecular weight excluding hydrogens is 655 g/mol. The van der Waals surface area contributed by atoms with E-state index in [4.69, 9.17) is 4.42 Å². The van der Waals surface area contributed by atoms with E-state index in [1.165, 1.54) is 38.8 Å². The first-order valence-corrected chi connectivity index (χ1v) is 18.4. The molecule has 0 radical (unpaired) electrons. The summed E-state index contributed by atoms with van der Waals surface area (Å²) in [6.07, 6.45) is 0. The fourth-order valence-electron chi connectivity index (χ4n) is 7.75. The Bertz CT molecular complexity index is 2790. The van der Waals surface area contributed by atoms with Gasteiger partial charge in [0.2, 0.25) is 0 Å². The topological polar surface area (TPSA) is 16.4 Å². The van der Waals surface area contributed by atoms with Crippen LogP contribution in [0, 0.1) is 0 Å². The highest BCUT2D eigenvalue weighted by Gasteiger charge is 2.17. The highest BCUT2D eigenvalue weighted by Crippen LogP contribution is 2.42. The van der Waals surface area contributed by atoms with Crippen LogP contribution in [0.15, 0.2) is 217 Å². The maximum Gasteiger partial charge on any atom is 0.143 e. The molecule has 0 saturated heterocycles. The van der Waals surface area contributed by atoms with Gasteiger partial charge >= 0.3 is 0 Å². The molecule has 0 bridgehead atoms. The Morgan fingerprint density at radius 3 is 1.20 bits per heavy atom. The van der Waals surface area contributed by atoms with Crippen molar-refractivity contribution in [1.29, 1.82) is 0 Å². The van der Waals surface area contributed by atoms with Crippen molar-refractivity contribution in [2.24, 2.45) is 0 Å². The van der Waals surface area contributed by atoms with Crippen LogP contribution in [-0.2, 0) is 0 Å². The van der Waals surface area contributed by atoms with Crippen molar-refractivity contribution < 1.29 is 4.42 Å². The molecule has 0 amide bonds. The van der Waals surface area contributed by atoms with Gasteiger partial charge in [0.05, 0.1) is 0 Å². The van der Waals surface area contributed by atoms with Crippen molar-refractivity contribution in [2.75, 3.05) is 4.90 Å². The molecule has 2 heteroatoms. The smallest absolute Gasteiger partial charge is 0.143 e. The number of benzene rings is 9. The summed E-state index contributed by atoms with van der Waals surface area (Å²) >= 11 is 0. The third-order valence-electron chi connectivity index (χ3n) is 10.5. The van der Waals surface area contributed by atoms with E-state index in [-0.39, 0.29) is 0 Å². The minimum Gasteiger partial charge on any atom is -0.455 e. The van der Waals surface area contributed by atoms with Crippen molar-refractivity contribution in [3.05, 3.63) is 212 Å². The third-order valence-corrected chi connectivity index (χ3v) is 10.5. The first-order valence-electron chi connectivity index (χ1n) is 18.4. The minimum atomic E-state index is 0.899. The summed E-state index contributed by atoms with van der Waals surface area (Å²) in [5, 5.41) is 4.54. The third kappa shape index (κ3) is 5.71. The lowest BCUT2D eigenvalue weighted by atomic mass is 9.95. The standard InChI is InChI=1S/C52H35NO/c1-4-12-36(13-5-1)39-20-27-43(28-21-39)53(44-29-22-40(23-30-44)37-14-6-2-7-15-37)45-31-24-41(25-32-45)49-35-50-47-33-26-42(38-16-8-3-9-17-38)34-51(47)54-52(50)48-19-11-10-18-46(48)49/h1-35H. The predicted molar refractivity (Wildman–Crippen MR) is 228 cm³/mol. The monoisotopic (exact) mass is 689 g/mol. The van der Waals surface area contributed by atoms with Crippen molar-refractivity contribution in [1.82, 2.24) is 0 Å². The highest BCUT2D eigenvalue weighted by atomic mass is 16.3. The van der Waals surface area contributed by atoms with Crippen LogP contribution < -0.4 is 4.90 Å². The van der Waals surface area contributed by atoms with E-state index < -0.39 is 0 Å². The zero-order valence-corrected chi connectivity index (χ0v) is 29.6. The maximum absolute atomic E-state index is 6.63. The van der Waals surface area contributed by atoms with E-state index in [2.05, 4.69) is 211 Å².